The van der Waals surface area contributed by atoms with Gasteiger partial charge in [0.2, 0.25) is 0 Å². The minimum Gasteiger partial charge on any atom is -0.458 e. The summed E-state index contributed by atoms with van der Waals surface area (Å²) in [7, 11) is 0. The molecule has 0 aromatic rings. The lowest BCUT2D eigenvalue weighted by Gasteiger charge is -2.17. The van der Waals surface area contributed by atoms with E-state index in [4.69, 9.17) is 20.3 Å². The Bertz CT molecular complexity index is 242. The molecule has 5 nitrogen and oxygen atoms in total. The number of ether oxygens (including phenoxy) is 2. The van der Waals surface area contributed by atoms with Crippen LogP contribution in [0.5, 0.6) is 0 Å². The second-order valence-electron chi connectivity index (χ2n) is 4.64. The number of aliphatic hydroxyl groups excluding tert-OH is 1. The Balaban J connectivity index is 2.55. The van der Waals surface area contributed by atoms with E-state index in [9.17, 15) is 4.79 Å². The van der Waals surface area contributed by atoms with Gasteiger partial charge in [0.05, 0.1) is 12.7 Å². The molecule has 3 N–H and O–H groups in total. The summed E-state index contributed by atoms with van der Waals surface area (Å²) in [5.74, 6) is -0.107. The lowest BCUT2D eigenvalue weighted by atomic mass is 10.0. The fraction of sp³-hybridized carbons (Fsp3) is 0.909. The summed E-state index contributed by atoms with van der Waals surface area (Å²) >= 11 is 0. The molecule has 1 saturated heterocycles. The molecule has 0 aromatic carbocycles. The van der Waals surface area contributed by atoms with Gasteiger partial charge in [-0.3, -0.25) is 4.79 Å². The molecule has 1 unspecified atom stereocenters. The number of esters is 1. The SMILES string of the molecule is CC(C)[C@H]1CC(OC(=O)[C@H](C)N)[C@@H](CO)O1. The Labute approximate surface area is 95.9 Å². The largest absolute Gasteiger partial charge is 0.458 e. The van der Waals surface area contributed by atoms with Crippen molar-refractivity contribution in [1.29, 1.82) is 0 Å². The standard InChI is InChI=1S/C11H21NO4/c1-6(2)8-4-9(10(5-13)15-8)16-11(14)7(3)12/h6-10,13H,4-5,12H2,1-3H3/t7-,8+,9?,10+/m0/s1. The highest BCUT2D eigenvalue weighted by molar-refractivity contribution is 5.75. The van der Waals surface area contributed by atoms with Crippen LogP contribution in [0.4, 0.5) is 0 Å². The average Bonchev–Trinajstić information content (AvgIpc) is 2.60. The molecule has 94 valence electrons. The zero-order chi connectivity index (χ0) is 12.3. The quantitative estimate of drug-likeness (QED) is 0.668. The first-order valence-electron chi connectivity index (χ1n) is 5.68. The Hall–Kier alpha value is -0.650. The van der Waals surface area contributed by atoms with Gasteiger partial charge in [0, 0.05) is 6.42 Å². The van der Waals surface area contributed by atoms with E-state index < -0.39 is 18.1 Å². The normalized spacial score (nSPS) is 31.8. The summed E-state index contributed by atoms with van der Waals surface area (Å²) < 4.78 is 10.8. The van der Waals surface area contributed by atoms with Gasteiger partial charge in [-0.1, -0.05) is 13.8 Å². The van der Waals surface area contributed by atoms with Crippen molar-refractivity contribution in [1.82, 2.24) is 0 Å². The molecule has 0 spiro atoms. The third-order valence-electron chi connectivity index (χ3n) is 2.79. The second kappa shape index (κ2) is 5.61. The zero-order valence-electron chi connectivity index (χ0n) is 10.1. The number of nitrogens with two attached hydrogens (primary N) is 1. The number of rotatable bonds is 4. The van der Waals surface area contributed by atoms with Crippen LogP contribution in [-0.2, 0) is 14.3 Å². The molecule has 1 rings (SSSR count). The lowest BCUT2D eigenvalue weighted by Crippen LogP contribution is -2.36. The predicted molar refractivity (Wildman–Crippen MR) is 58.7 cm³/mol. The van der Waals surface area contributed by atoms with E-state index >= 15 is 0 Å². The van der Waals surface area contributed by atoms with E-state index in [0.717, 1.165) is 0 Å². The molecule has 5 heteroatoms. The molecule has 1 aliphatic rings. The fourth-order valence-corrected chi connectivity index (χ4v) is 1.72. The van der Waals surface area contributed by atoms with E-state index in [1.54, 1.807) is 6.92 Å². The van der Waals surface area contributed by atoms with Gasteiger partial charge < -0.3 is 20.3 Å². The van der Waals surface area contributed by atoms with E-state index in [1.807, 2.05) is 13.8 Å². The van der Waals surface area contributed by atoms with Gasteiger partial charge in [-0.15, -0.1) is 0 Å². The van der Waals surface area contributed by atoms with E-state index in [2.05, 4.69) is 0 Å². The monoisotopic (exact) mass is 231 g/mol. The maximum absolute atomic E-state index is 11.4. The molecule has 0 radical (unpaired) electrons. The van der Waals surface area contributed by atoms with E-state index in [0.29, 0.717) is 12.3 Å². The van der Waals surface area contributed by atoms with Crippen LogP contribution in [0.3, 0.4) is 0 Å². The number of aliphatic hydroxyl groups is 1. The number of hydrogen-bond acceptors (Lipinski definition) is 5. The fourth-order valence-electron chi connectivity index (χ4n) is 1.72. The molecule has 0 aliphatic carbocycles. The van der Waals surface area contributed by atoms with Gasteiger partial charge >= 0.3 is 5.97 Å². The highest BCUT2D eigenvalue weighted by atomic mass is 16.6. The third kappa shape index (κ3) is 3.17. The molecule has 0 amide bonds. The van der Waals surface area contributed by atoms with Crippen molar-refractivity contribution >= 4 is 5.97 Å². The van der Waals surface area contributed by atoms with Crippen LogP contribution in [0.1, 0.15) is 27.2 Å². The first-order chi connectivity index (χ1) is 7.45. The van der Waals surface area contributed by atoms with Crippen LogP contribution >= 0.6 is 0 Å². The first kappa shape index (κ1) is 13.4. The van der Waals surface area contributed by atoms with Crippen molar-refractivity contribution in [2.75, 3.05) is 6.61 Å². The van der Waals surface area contributed by atoms with Crippen LogP contribution in [0.15, 0.2) is 0 Å². The summed E-state index contributed by atoms with van der Waals surface area (Å²) in [6, 6.07) is -0.641. The molecule has 0 aromatic heterocycles. The van der Waals surface area contributed by atoms with Crippen molar-refractivity contribution in [2.45, 2.75) is 51.5 Å². The highest BCUT2D eigenvalue weighted by Crippen LogP contribution is 2.27. The molecule has 4 atom stereocenters. The predicted octanol–water partition coefficient (Wildman–Crippen LogP) is 0.0512. The third-order valence-corrected chi connectivity index (χ3v) is 2.79. The van der Waals surface area contributed by atoms with Crippen molar-refractivity contribution in [2.24, 2.45) is 11.7 Å². The van der Waals surface area contributed by atoms with E-state index in [-0.39, 0.29) is 18.8 Å². The van der Waals surface area contributed by atoms with Crippen LogP contribution in [0.2, 0.25) is 0 Å². The van der Waals surface area contributed by atoms with Crippen molar-refractivity contribution < 1.29 is 19.4 Å². The molecule has 0 saturated carbocycles. The Kier molecular flexibility index (Phi) is 4.70. The molecular formula is C11H21NO4. The molecule has 16 heavy (non-hydrogen) atoms. The second-order valence-corrected chi connectivity index (χ2v) is 4.64. The Morgan fingerprint density at radius 1 is 1.56 bits per heavy atom. The van der Waals surface area contributed by atoms with Gasteiger partial charge in [-0.25, -0.2) is 0 Å². The smallest absolute Gasteiger partial charge is 0.322 e. The number of carbonyl (C=O) groups is 1. The molecular weight excluding hydrogens is 210 g/mol. The van der Waals surface area contributed by atoms with Crippen molar-refractivity contribution in [3.8, 4) is 0 Å². The Morgan fingerprint density at radius 2 is 2.19 bits per heavy atom. The topological polar surface area (TPSA) is 81.8 Å². The van der Waals surface area contributed by atoms with Gasteiger partial charge in [0.15, 0.2) is 0 Å². The maximum Gasteiger partial charge on any atom is 0.322 e. The van der Waals surface area contributed by atoms with Crippen LogP contribution in [0.25, 0.3) is 0 Å². The minimum absolute atomic E-state index is 0.0306. The van der Waals surface area contributed by atoms with Crippen LogP contribution in [0, 0.1) is 5.92 Å². The van der Waals surface area contributed by atoms with Gasteiger partial charge in [0.1, 0.15) is 18.2 Å². The van der Waals surface area contributed by atoms with Gasteiger partial charge in [-0.05, 0) is 12.8 Å². The first-order valence-corrected chi connectivity index (χ1v) is 5.68. The maximum atomic E-state index is 11.4. The zero-order valence-corrected chi connectivity index (χ0v) is 10.1. The van der Waals surface area contributed by atoms with E-state index in [1.165, 1.54) is 0 Å². The summed E-state index contributed by atoms with van der Waals surface area (Å²) in [5, 5.41) is 9.14. The number of carbonyl (C=O) groups excluding carboxylic acids is 1. The van der Waals surface area contributed by atoms with Gasteiger partial charge in [-0.2, -0.15) is 0 Å². The van der Waals surface area contributed by atoms with Crippen molar-refractivity contribution in [3.63, 3.8) is 0 Å². The highest BCUT2D eigenvalue weighted by Gasteiger charge is 2.38. The summed E-state index contributed by atoms with van der Waals surface area (Å²) in [6.07, 6.45) is -0.143. The molecule has 1 aliphatic heterocycles. The minimum atomic E-state index is -0.641. The lowest BCUT2D eigenvalue weighted by molar-refractivity contribution is -0.154. The number of hydrogen-bond donors (Lipinski definition) is 2. The van der Waals surface area contributed by atoms with Crippen LogP contribution in [-0.4, -0.2) is 42.0 Å². The van der Waals surface area contributed by atoms with Crippen molar-refractivity contribution in [3.05, 3.63) is 0 Å². The molecule has 1 fully saturated rings. The summed E-state index contributed by atoms with van der Waals surface area (Å²) in [5.41, 5.74) is 5.42. The molecule has 1 heterocycles. The molecule has 0 bridgehead atoms. The van der Waals surface area contributed by atoms with Crippen LogP contribution < -0.4 is 5.73 Å². The summed E-state index contributed by atoms with van der Waals surface area (Å²) in [4.78, 5) is 11.4. The summed E-state index contributed by atoms with van der Waals surface area (Å²) in [6.45, 7) is 5.51. The average molecular weight is 231 g/mol. The Morgan fingerprint density at radius 3 is 2.62 bits per heavy atom. The van der Waals surface area contributed by atoms with Gasteiger partial charge in [0.25, 0.3) is 0 Å².